The molecule has 1 aliphatic carbocycles. The summed E-state index contributed by atoms with van der Waals surface area (Å²) in [4.78, 5) is 12.4. The minimum atomic E-state index is 0.0238. The van der Waals surface area contributed by atoms with E-state index in [2.05, 4.69) is 29.6 Å². The van der Waals surface area contributed by atoms with Crippen LogP contribution in [0.1, 0.15) is 16.7 Å². The van der Waals surface area contributed by atoms with Crippen molar-refractivity contribution in [3.05, 3.63) is 76.3 Å². The van der Waals surface area contributed by atoms with E-state index in [0.717, 1.165) is 40.3 Å². The summed E-state index contributed by atoms with van der Waals surface area (Å²) in [6, 6.07) is 18.3. The van der Waals surface area contributed by atoms with Gasteiger partial charge in [-0.1, -0.05) is 54.1 Å². The van der Waals surface area contributed by atoms with E-state index in [-0.39, 0.29) is 5.91 Å². The molecule has 0 unspecified atom stereocenters. The van der Waals surface area contributed by atoms with Crippen molar-refractivity contribution in [2.45, 2.75) is 18.6 Å². The number of thioether (sulfide) groups is 1. The van der Waals surface area contributed by atoms with Crippen molar-refractivity contribution < 1.29 is 4.79 Å². The van der Waals surface area contributed by atoms with E-state index in [4.69, 9.17) is 11.6 Å². The molecule has 3 aromatic carbocycles. The van der Waals surface area contributed by atoms with Crippen LogP contribution in [0.15, 0.2) is 54.6 Å². The molecule has 0 fully saturated rings. The number of nitrogens with one attached hydrogen (secondary N) is 1. The number of halogens is 1. The summed E-state index contributed by atoms with van der Waals surface area (Å²) in [5.74, 6) is 1.17. The zero-order chi connectivity index (χ0) is 17.2. The fourth-order valence-electron chi connectivity index (χ4n) is 3.41. The van der Waals surface area contributed by atoms with E-state index in [9.17, 15) is 4.79 Å². The van der Waals surface area contributed by atoms with E-state index < -0.39 is 0 Å². The van der Waals surface area contributed by atoms with Gasteiger partial charge in [0.2, 0.25) is 5.91 Å². The maximum absolute atomic E-state index is 12.4. The lowest BCUT2D eigenvalue weighted by molar-refractivity contribution is -0.113. The number of amides is 1. The first-order chi connectivity index (χ1) is 12.2. The smallest absolute Gasteiger partial charge is 0.234 e. The van der Waals surface area contributed by atoms with E-state index in [1.54, 1.807) is 11.8 Å². The van der Waals surface area contributed by atoms with Gasteiger partial charge in [0.25, 0.3) is 0 Å². The average Bonchev–Trinajstić information content (AvgIpc) is 3.04. The van der Waals surface area contributed by atoms with E-state index in [1.165, 1.54) is 16.5 Å². The van der Waals surface area contributed by atoms with Crippen LogP contribution in [0.25, 0.3) is 10.8 Å². The molecule has 2 nitrogen and oxygen atoms in total. The number of aryl methyl sites for hydroxylation is 2. The summed E-state index contributed by atoms with van der Waals surface area (Å²) in [5.41, 5.74) is 4.74. The summed E-state index contributed by atoms with van der Waals surface area (Å²) in [6.45, 7) is 0. The van der Waals surface area contributed by atoms with Crippen molar-refractivity contribution in [2.24, 2.45) is 0 Å². The quantitative estimate of drug-likeness (QED) is 0.648. The molecule has 0 saturated heterocycles. The second-order valence-corrected chi connectivity index (χ2v) is 7.64. The van der Waals surface area contributed by atoms with Gasteiger partial charge < -0.3 is 5.32 Å². The first-order valence-corrected chi connectivity index (χ1v) is 9.90. The Bertz CT molecular complexity index is 944. The molecule has 1 aliphatic rings. The van der Waals surface area contributed by atoms with Crippen LogP contribution in [0.3, 0.4) is 0 Å². The molecule has 0 aromatic heterocycles. The molecular formula is C21H18ClNOS. The van der Waals surface area contributed by atoms with E-state index in [1.807, 2.05) is 30.3 Å². The van der Waals surface area contributed by atoms with Crippen LogP contribution in [0.5, 0.6) is 0 Å². The monoisotopic (exact) mass is 367 g/mol. The van der Waals surface area contributed by atoms with Gasteiger partial charge in [0.15, 0.2) is 0 Å². The molecule has 126 valence electrons. The van der Waals surface area contributed by atoms with Gasteiger partial charge in [-0.3, -0.25) is 4.79 Å². The fourth-order valence-corrected chi connectivity index (χ4v) is 4.52. The number of hydrogen-bond donors (Lipinski definition) is 1. The normalized spacial score (nSPS) is 12.5. The summed E-state index contributed by atoms with van der Waals surface area (Å²) < 4.78 is 0. The van der Waals surface area contributed by atoms with E-state index in [0.29, 0.717) is 5.75 Å². The highest BCUT2D eigenvalue weighted by Gasteiger charge is 2.16. The average molecular weight is 368 g/mol. The third-order valence-electron chi connectivity index (χ3n) is 4.60. The molecule has 4 rings (SSSR count). The van der Waals surface area contributed by atoms with Crippen LogP contribution >= 0.6 is 23.4 Å². The number of benzene rings is 3. The summed E-state index contributed by atoms with van der Waals surface area (Å²) in [5, 5.41) is 6.30. The first-order valence-electron chi connectivity index (χ1n) is 8.37. The molecule has 0 bridgehead atoms. The molecule has 0 heterocycles. The molecule has 4 heteroatoms. The summed E-state index contributed by atoms with van der Waals surface area (Å²) in [6.07, 6.45) is 2.19. The van der Waals surface area contributed by atoms with Gasteiger partial charge in [0.05, 0.1) is 5.75 Å². The Hall–Kier alpha value is -1.97. The minimum absolute atomic E-state index is 0.0238. The molecule has 0 radical (unpaired) electrons. The van der Waals surface area contributed by atoms with Crippen molar-refractivity contribution >= 4 is 45.7 Å². The maximum Gasteiger partial charge on any atom is 0.234 e. The highest BCUT2D eigenvalue weighted by molar-refractivity contribution is 7.99. The van der Waals surface area contributed by atoms with Crippen LogP contribution < -0.4 is 5.32 Å². The summed E-state index contributed by atoms with van der Waals surface area (Å²) in [7, 11) is 0. The molecule has 0 atom stereocenters. The highest BCUT2D eigenvalue weighted by Crippen LogP contribution is 2.35. The van der Waals surface area contributed by atoms with Crippen LogP contribution in [-0.4, -0.2) is 11.7 Å². The molecule has 1 amide bonds. The van der Waals surface area contributed by atoms with Gasteiger partial charge in [-0.25, -0.2) is 0 Å². The fraction of sp³-hybridized carbons (Fsp3) is 0.190. The molecule has 25 heavy (non-hydrogen) atoms. The Morgan fingerprint density at radius 2 is 1.80 bits per heavy atom. The molecule has 3 aromatic rings. The lowest BCUT2D eigenvalue weighted by Gasteiger charge is -2.11. The maximum atomic E-state index is 12.4. The Kier molecular flexibility index (Phi) is 4.69. The van der Waals surface area contributed by atoms with Crippen molar-refractivity contribution in [2.75, 3.05) is 11.1 Å². The number of carbonyl (C=O) groups excluding carboxylic acids is 1. The van der Waals surface area contributed by atoms with Crippen molar-refractivity contribution in [3.8, 4) is 0 Å². The second-order valence-electron chi connectivity index (χ2n) is 6.24. The van der Waals surface area contributed by atoms with Crippen molar-refractivity contribution in [1.82, 2.24) is 0 Å². The highest BCUT2D eigenvalue weighted by atomic mass is 35.5. The Morgan fingerprint density at radius 3 is 2.64 bits per heavy atom. The summed E-state index contributed by atoms with van der Waals surface area (Å²) >= 11 is 7.73. The SMILES string of the molecule is O=C(CSCc1ccccc1Cl)Nc1ccc2c3c(cccc13)CC2. The molecule has 1 N–H and O–H groups in total. The van der Waals surface area contributed by atoms with Crippen LogP contribution in [0.2, 0.25) is 5.02 Å². The van der Waals surface area contributed by atoms with Gasteiger partial charge >= 0.3 is 0 Å². The minimum Gasteiger partial charge on any atom is -0.325 e. The zero-order valence-corrected chi connectivity index (χ0v) is 15.3. The van der Waals surface area contributed by atoms with Gasteiger partial charge in [0.1, 0.15) is 0 Å². The van der Waals surface area contributed by atoms with E-state index >= 15 is 0 Å². The Labute approximate surface area is 156 Å². The zero-order valence-electron chi connectivity index (χ0n) is 13.7. The lowest BCUT2D eigenvalue weighted by Crippen LogP contribution is -2.14. The van der Waals surface area contributed by atoms with Gasteiger partial charge in [-0.15, -0.1) is 11.8 Å². The Balaban J connectivity index is 1.44. The van der Waals surface area contributed by atoms with Crippen LogP contribution in [-0.2, 0) is 23.4 Å². The Morgan fingerprint density at radius 1 is 1.00 bits per heavy atom. The third kappa shape index (κ3) is 3.39. The van der Waals surface area contributed by atoms with Gasteiger partial charge in [0, 0.05) is 21.8 Å². The molecule has 0 spiro atoms. The predicted octanol–water partition coefficient (Wildman–Crippen LogP) is 5.46. The molecule has 0 saturated carbocycles. The standard InChI is InChI=1S/C21H18ClNOS/c22-18-7-2-1-4-16(18)12-25-13-20(24)23-19-11-10-15-9-8-14-5-3-6-17(19)21(14)15/h1-7,10-11H,8-9,12-13H2,(H,23,24). The van der Waals surface area contributed by atoms with Crippen molar-refractivity contribution in [3.63, 3.8) is 0 Å². The first kappa shape index (κ1) is 16.5. The number of hydrogen-bond acceptors (Lipinski definition) is 2. The number of carbonyl (C=O) groups is 1. The predicted molar refractivity (Wildman–Crippen MR) is 108 cm³/mol. The van der Waals surface area contributed by atoms with Gasteiger partial charge in [-0.2, -0.15) is 0 Å². The van der Waals surface area contributed by atoms with Gasteiger partial charge in [-0.05, 0) is 47.1 Å². The lowest BCUT2D eigenvalue weighted by atomic mass is 10.0. The topological polar surface area (TPSA) is 29.1 Å². The second kappa shape index (κ2) is 7.11. The van der Waals surface area contributed by atoms with Crippen LogP contribution in [0, 0.1) is 0 Å². The molecule has 0 aliphatic heterocycles. The third-order valence-corrected chi connectivity index (χ3v) is 5.95. The number of rotatable bonds is 5. The largest absolute Gasteiger partial charge is 0.325 e. The van der Waals surface area contributed by atoms with Crippen molar-refractivity contribution in [1.29, 1.82) is 0 Å². The number of anilines is 1. The van der Waals surface area contributed by atoms with Crippen LogP contribution in [0.4, 0.5) is 5.69 Å². The molecular weight excluding hydrogens is 350 g/mol.